The average molecular weight is 1090 g/mol. The van der Waals surface area contributed by atoms with Crippen LogP contribution in [0.25, 0.3) is 0 Å². The quantitative estimate of drug-likeness (QED) is 0.197. The van der Waals surface area contributed by atoms with Gasteiger partial charge in [-0.1, -0.05) is 27.7 Å². The number of halogens is 6. The summed E-state index contributed by atoms with van der Waals surface area (Å²) < 4.78 is 8.18. The number of fused-ring (bicyclic) bond motifs is 9. The summed E-state index contributed by atoms with van der Waals surface area (Å²) in [5.74, 6) is 0. The minimum Gasteiger partial charge on any atom is -0.0561 e. The van der Waals surface area contributed by atoms with Crippen molar-refractivity contribution in [2.24, 2.45) is 5.41 Å². The summed E-state index contributed by atoms with van der Waals surface area (Å²) in [5.41, 5.74) is 9.07. The number of rotatable bonds is 0. The van der Waals surface area contributed by atoms with Crippen molar-refractivity contribution in [1.29, 1.82) is 0 Å². The Kier molecular flexibility index (Phi) is 5.58. The van der Waals surface area contributed by atoms with Gasteiger partial charge in [0.1, 0.15) is 0 Å². The van der Waals surface area contributed by atoms with Crippen LogP contribution in [-0.4, -0.2) is 0 Å². The molecule has 6 heteroatoms. The SMILES string of the molecule is CC12c3cc(I)c(I)cc3C3(C)c4cc(I)c(I)cc4C(C)(c4cc(I)c(I)cc41)C23C. The number of benzene rings is 3. The first-order chi connectivity index (χ1) is 14.8. The van der Waals surface area contributed by atoms with Crippen molar-refractivity contribution in [1.82, 2.24) is 0 Å². The maximum absolute atomic E-state index is 2.60. The van der Waals surface area contributed by atoms with Gasteiger partial charge in [0.2, 0.25) is 0 Å². The third-order valence-electron chi connectivity index (χ3n) is 9.41. The van der Waals surface area contributed by atoms with Gasteiger partial charge >= 0.3 is 0 Å². The molecule has 3 aromatic carbocycles. The molecule has 0 saturated heterocycles. The fraction of sp³-hybridized carbons (Fsp3) is 0.308. The zero-order chi connectivity index (χ0) is 23.2. The summed E-state index contributed by atoms with van der Waals surface area (Å²) in [6.45, 7) is 10.3. The molecular formula is C26H18I6. The van der Waals surface area contributed by atoms with E-state index in [0.29, 0.717) is 0 Å². The second-order valence-corrected chi connectivity index (χ2v) is 16.9. The zero-order valence-electron chi connectivity index (χ0n) is 17.7. The highest BCUT2D eigenvalue weighted by Gasteiger charge is 2.79. The molecule has 3 aliphatic carbocycles. The molecule has 0 fully saturated rings. The molecule has 3 aliphatic rings. The molecule has 6 rings (SSSR count). The van der Waals surface area contributed by atoms with Crippen LogP contribution in [0.15, 0.2) is 36.4 Å². The first kappa shape index (κ1) is 24.4. The maximum Gasteiger partial charge on any atom is 0.0267 e. The van der Waals surface area contributed by atoms with Crippen LogP contribution >= 0.6 is 136 Å². The lowest BCUT2D eigenvalue weighted by molar-refractivity contribution is 0.0996. The lowest BCUT2D eigenvalue weighted by Crippen LogP contribution is -2.51. The highest BCUT2D eigenvalue weighted by Crippen LogP contribution is 2.82. The molecule has 0 unspecified atom stereocenters. The van der Waals surface area contributed by atoms with E-state index in [1.165, 1.54) is 54.8 Å². The molecule has 3 aromatic rings. The Morgan fingerprint density at radius 2 is 0.531 bits per heavy atom. The van der Waals surface area contributed by atoms with Crippen LogP contribution in [0.4, 0.5) is 0 Å². The molecule has 32 heavy (non-hydrogen) atoms. The van der Waals surface area contributed by atoms with Gasteiger partial charge < -0.3 is 0 Å². The first-order valence-corrected chi connectivity index (χ1v) is 16.8. The molecule has 0 N–H and O–H groups in total. The average Bonchev–Trinajstić information content (AvgIpc) is 3.06. The second-order valence-electron chi connectivity index (χ2n) is 9.94. The van der Waals surface area contributed by atoms with Gasteiger partial charge in [-0.05, 0) is 205 Å². The minimum atomic E-state index is -0.0500. The molecular weight excluding hydrogens is 1070 g/mol. The van der Waals surface area contributed by atoms with E-state index in [1.54, 1.807) is 0 Å². The Labute approximate surface area is 271 Å². The van der Waals surface area contributed by atoms with E-state index in [-0.39, 0.29) is 21.7 Å². The van der Waals surface area contributed by atoms with Crippen molar-refractivity contribution >= 4 is 136 Å². The van der Waals surface area contributed by atoms with Crippen LogP contribution < -0.4 is 0 Å². The van der Waals surface area contributed by atoms with Crippen molar-refractivity contribution in [2.45, 2.75) is 43.9 Å². The van der Waals surface area contributed by atoms with Crippen LogP contribution in [-0.2, 0) is 16.2 Å². The van der Waals surface area contributed by atoms with Crippen molar-refractivity contribution in [2.75, 3.05) is 0 Å². The molecule has 164 valence electrons. The van der Waals surface area contributed by atoms with E-state index in [9.17, 15) is 0 Å². The van der Waals surface area contributed by atoms with Gasteiger partial charge in [0, 0.05) is 43.1 Å². The number of hydrogen-bond donors (Lipinski definition) is 0. The predicted octanol–water partition coefficient (Wildman–Crippen LogP) is 9.58. The molecule has 0 aliphatic heterocycles. The van der Waals surface area contributed by atoms with Gasteiger partial charge in [0.05, 0.1) is 0 Å². The van der Waals surface area contributed by atoms with E-state index in [4.69, 9.17) is 0 Å². The summed E-state index contributed by atoms with van der Waals surface area (Å²) in [6, 6.07) is 15.0. The van der Waals surface area contributed by atoms with Crippen LogP contribution in [0, 0.1) is 26.8 Å². The van der Waals surface area contributed by atoms with Crippen molar-refractivity contribution < 1.29 is 0 Å². The van der Waals surface area contributed by atoms with E-state index in [0.717, 1.165) is 0 Å². The van der Waals surface area contributed by atoms with Crippen LogP contribution in [0.5, 0.6) is 0 Å². The fourth-order valence-electron chi connectivity index (χ4n) is 7.67. The Balaban J connectivity index is 1.91. The molecule has 0 aromatic heterocycles. The van der Waals surface area contributed by atoms with E-state index < -0.39 is 0 Å². The lowest BCUT2D eigenvalue weighted by Gasteiger charge is -2.49. The topological polar surface area (TPSA) is 0 Å². The van der Waals surface area contributed by atoms with Gasteiger partial charge in [0.15, 0.2) is 0 Å². The molecule has 0 amide bonds. The summed E-state index contributed by atoms with van der Waals surface area (Å²) in [4.78, 5) is 0. The smallest absolute Gasteiger partial charge is 0.0267 e. The minimum absolute atomic E-state index is 0.00847. The zero-order valence-corrected chi connectivity index (χ0v) is 30.7. The predicted molar refractivity (Wildman–Crippen MR) is 183 cm³/mol. The van der Waals surface area contributed by atoms with Gasteiger partial charge in [-0.3, -0.25) is 0 Å². The Bertz CT molecular complexity index is 1150. The third kappa shape index (κ3) is 2.42. The normalized spacial score (nSPS) is 33.2. The van der Waals surface area contributed by atoms with Gasteiger partial charge in [0.25, 0.3) is 0 Å². The largest absolute Gasteiger partial charge is 0.0561 e. The van der Waals surface area contributed by atoms with E-state index in [2.05, 4.69) is 200 Å². The van der Waals surface area contributed by atoms with Crippen molar-refractivity contribution in [3.8, 4) is 0 Å². The first-order valence-electron chi connectivity index (χ1n) is 10.3. The second kappa shape index (κ2) is 7.33. The van der Waals surface area contributed by atoms with Crippen molar-refractivity contribution in [3.05, 3.63) is 91.2 Å². The van der Waals surface area contributed by atoms with Crippen LogP contribution in [0.2, 0.25) is 0 Å². The van der Waals surface area contributed by atoms with Gasteiger partial charge in [-0.25, -0.2) is 0 Å². The molecule has 0 radical (unpaired) electrons. The lowest BCUT2D eigenvalue weighted by atomic mass is 9.52. The summed E-state index contributed by atoms with van der Waals surface area (Å²) in [6.07, 6.45) is 0. The standard InChI is InChI=1S/C26H18I6/c1-23-11-5-17(27)19(29)7-13(11)24(2)15-9-21(31)22(32)10-16(15)25(3,26(23,24)4)14-8-20(30)18(28)6-12(14)23/h5-10H,1-4H3. The Hall–Kier alpha value is 2.04. The van der Waals surface area contributed by atoms with Crippen LogP contribution in [0.3, 0.4) is 0 Å². The third-order valence-corrected chi connectivity index (χ3v) is 17.9. The van der Waals surface area contributed by atoms with Crippen LogP contribution in [0.1, 0.15) is 61.1 Å². The highest BCUT2D eigenvalue weighted by molar-refractivity contribution is 14.1. The Morgan fingerprint density at radius 1 is 0.375 bits per heavy atom. The maximum atomic E-state index is 2.60. The van der Waals surface area contributed by atoms with E-state index in [1.807, 2.05) is 0 Å². The summed E-state index contributed by atoms with van der Waals surface area (Å²) >= 11 is 15.2. The highest BCUT2D eigenvalue weighted by atomic mass is 127. The molecule has 0 heterocycles. The molecule has 0 spiro atoms. The monoisotopic (exact) mass is 1090 g/mol. The Morgan fingerprint density at radius 3 is 0.688 bits per heavy atom. The van der Waals surface area contributed by atoms with E-state index >= 15 is 0 Å². The number of hydrogen-bond acceptors (Lipinski definition) is 0. The van der Waals surface area contributed by atoms with Gasteiger partial charge in [-0.2, -0.15) is 0 Å². The molecule has 0 saturated carbocycles. The fourth-order valence-corrected chi connectivity index (χ4v) is 10.5. The summed E-state index contributed by atoms with van der Waals surface area (Å²) in [5, 5.41) is 0. The molecule has 0 bridgehead atoms. The van der Waals surface area contributed by atoms with Gasteiger partial charge in [-0.15, -0.1) is 0 Å². The van der Waals surface area contributed by atoms with Crippen molar-refractivity contribution in [3.63, 3.8) is 0 Å². The molecule has 0 nitrogen and oxygen atoms in total. The molecule has 0 atom stereocenters. The summed E-state index contributed by atoms with van der Waals surface area (Å²) in [7, 11) is 0.